The predicted molar refractivity (Wildman–Crippen MR) is 101 cm³/mol. The highest BCUT2D eigenvalue weighted by Gasteiger charge is 2.14. The number of carbonyl (C=O) groups is 2. The third kappa shape index (κ3) is 7.12. The van der Waals surface area contributed by atoms with Crippen LogP contribution in [0, 0.1) is 7.14 Å². The first-order valence-corrected chi connectivity index (χ1v) is 9.25. The van der Waals surface area contributed by atoms with Crippen molar-refractivity contribution in [3.63, 3.8) is 0 Å². The van der Waals surface area contributed by atoms with Crippen LogP contribution in [0.1, 0.15) is 48.9 Å². The van der Waals surface area contributed by atoms with E-state index in [9.17, 15) is 14.7 Å². The number of halogens is 2. The summed E-state index contributed by atoms with van der Waals surface area (Å²) in [5.74, 6) is -0.994. The quantitative estimate of drug-likeness (QED) is 0.335. The topological polar surface area (TPSA) is 86.6 Å². The lowest BCUT2D eigenvalue weighted by atomic mass is 10.1. The minimum absolute atomic E-state index is 0.0205. The fourth-order valence-corrected chi connectivity index (χ4v) is 3.81. The summed E-state index contributed by atoms with van der Waals surface area (Å²) >= 11 is 4.11. The van der Waals surface area contributed by atoms with E-state index in [-0.39, 0.29) is 18.1 Å². The van der Waals surface area contributed by atoms with Crippen LogP contribution in [-0.4, -0.2) is 28.6 Å². The highest BCUT2D eigenvalue weighted by molar-refractivity contribution is 14.1. The van der Waals surface area contributed by atoms with E-state index in [2.05, 4.69) is 27.9 Å². The molecule has 0 saturated heterocycles. The molecule has 0 saturated carbocycles. The van der Waals surface area contributed by atoms with E-state index in [0.717, 1.165) is 29.3 Å². The summed E-state index contributed by atoms with van der Waals surface area (Å²) in [6.07, 6.45) is 4.60. The fraction of sp³-hybridized carbons (Fsp3) is 0.467. The normalized spacial score (nSPS) is 10.5. The molecule has 1 amide bonds. The van der Waals surface area contributed by atoms with Crippen molar-refractivity contribution in [2.45, 2.75) is 38.5 Å². The number of hydrogen-bond acceptors (Lipinski definition) is 3. The van der Waals surface area contributed by atoms with Crippen molar-refractivity contribution < 1.29 is 19.8 Å². The van der Waals surface area contributed by atoms with E-state index in [0.29, 0.717) is 22.1 Å². The summed E-state index contributed by atoms with van der Waals surface area (Å²) in [6, 6.07) is 3.48. The molecular weight excluding hydrogens is 512 g/mol. The molecule has 0 bridgehead atoms. The van der Waals surface area contributed by atoms with Crippen molar-refractivity contribution in [2.75, 3.05) is 6.54 Å². The largest absolute Gasteiger partial charge is 0.506 e. The van der Waals surface area contributed by atoms with Crippen LogP contribution in [0.3, 0.4) is 0 Å². The maximum atomic E-state index is 12.0. The number of amides is 1. The Labute approximate surface area is 157 Å². The number of carbonyl (C=O) groups excluding carboxylic acids is 1. The van der Waals surface area contributed by atoms with Crippen molar-refractivity contribution in [3.8, 4) is 5.75 Å². The molecule has 0 radical (unpaired) electrons. The van der Waals surface area contributed by atoms with Crippen LogP contribution in [-0.2, 0) is 4.79 Å². The zero-order valence-corrected chi connectivity index (χ0v) is 16.4. The van der Waals surface area contributed by atoms with Gasteiger partial charge >= 0.3 is 5.97 Å². The second kappa shape index (κ2) is 10.2. The van der Waals surface area contributed by atoms with Gasteiger partial charge in [-0.25, -0.2) is 0 Å². The molecule has 7 heteroatoms. The first-order chi connectivity index (χ1) is 10.4. The lowest BCUT2D eigenvalue weighted by Crippen LogP contribution is -2.24. The molecule has 3 N–H and O–H groups in total. The Hall–Kier alpha value is -0.580. The second-order valence-electron chi connectivity index (χ2n) is 4.95. The van der Waals surface area contributed by atoms with Crippen molar-refractivity contribution in [3.05, 3.63) is 24.8 Å². The molecule has 1 aromatic rings. The number of carboxylic acid groups (broad SMARTS) is 1. The van der Waals surface area contributed by atoms with E-state index in [4.69, 9.17) is 5.11 Å². The molecule has 0 aromatic heterocycles. The minimum atomic E-state index is -0.751. The van der Waals surface area contributed by atoms with Gasteiger partial charge in [0.1, 0.15) is 5.75 Å². The van der Waals surface area contributed by atoms with E-state index in [1.165, 1.54) is 0 Å². The Bertz CT molecular complexity index is 535. The standard InChI is InChI=1S/C15H19I2NO4/c16-10-8-11(14(21)12(17)9-10)15(22)18-7-5-3-1-2-4-6-13(19)20/h8-9,21H,1-7H2,(H,18,22)(H,19,20). The molecule has 122 valence electrons. The number of nitrogens with one attached hydrogen (secondary N) is 1. The van der Waals surface area contributed by atoms with Gasteiger partial charge in [-0.2, -0.15) is 0 Å². The number of phenols is 1. The number of unbranched alkanes of at least 4 members (excludes halogenated alkanes) is 4. The SMILES string of the molecule is O=C(O)CCCCCCCNC(=O)c1cc(I)cc(I)c1O. The molecule has 0 atom stereocenters. The van der Waals surface area contributed by atoms with Gasteiger partial charge in [0.25, 0.3) is 5.91 Å². The number of benzene rings is 1. The van der Waals surface area contributed by atoms with Crippen LogP contribution < -0.4 is 5.32 Å². The number of hydrogen-bond donors (Lipinski definition) is 3. The summed E-state index contributed by atoms with van der Waals surface area (Å²) in [7, 11) is 0. The maximum Gasteiger partial charge on any atom is 0.303 e. The second-order valence-corrected chi connectivity index (χ2v) is 7.36. The van der Waals surface area contributed by atoms with Gasteiger partial charge in [-0.15, -0.1) is 0 Å². The first kappa shape index (κ1) is 19.5. The summed E-state index contributed by atoms with van der Waals surface area (Å²) < 4.78 is 1.57. The lowest BCUT2D eigenvalue weighted by Gasteiger charge is -2.08. The van der Waals surface area contributed by atoms with Gasteiger partial charge in [-0.1, -0.05) is 19.3 Å². The number of aromatic hydroxyl groups is 1. The molecule has 1 rings (SSSR count). The van der Waals surface area contributed by atoms with Gasteiger partial charge in [0.2, 0.25) is 0 Å². The van der Waals surface area contributed by atoms with Crippen LogP contribution >= 0.6 is 45.2 Å². The van der Waals surface area contributed by atoms with Crippen molar-refractivity contribution in [1.29, 1.82) is 0 Å². The monoisotopic (exact) mass is 531 g/mol. The van der Waals surface area contributed by atoms with Gasteiger partial charge in [-0.05, 0) is 70.2 Å². The molecule has 0 aliphatic heterocycles. The molecule has 0 aliphatic rings. The van der Waals surface area contributed by atoms with Crippen LogP contribution in [0.5, 0.6) is 5.75 Å². The number of rotatable bonds is 9. The third-order valence-corrected chi connectivity index (χ3v) is 4.57. The van der Waals surface area contributed by atoms with Gasteiger partial charge in [-0.3, -0.25) is 9.59 Å². The molecule has 5 nitrogen and oxygen atoms in total. The highest BCUT2D eigenvalue weighted by atomic mass is 127. The van der Waals surface area contributed by atoms with Crippen LogP contribution in [0.25, 0.3) is 0 Å². The van der Waals surface area contributed by atoms with Gasteiger partial charge in [0.05, 0.1) is 9.13 Å². The molecule has 0 heterocycles. The van der Waals surface area contributed by atoms with Crippen LogP contribution in [0.2, 0.25) is 0 Å². The third-order valence-electron chi connectivity index (χ3n) is 3.13. The Kier molecular flexibility index (Phi) is 9.06. The average Bonchev–Trinajstić information content (AvgIpc) is 2.45. The molecule has 0 spiro atoms. The zero-order chi connectivity index (χ0) is 16.5. The number of aliphatic carboxylic acids is 1. The van der Waals surface area contributed by atoms with Crippen molar-refractivity contribution in [1.82, 2.24) is 5.32 Å². The molecular formula is C15H19I2NO4. The summed E-state index contributed by atoms with van der Waals surface area (Å²) in [6.45, 7) is 0.555. The van der Waals surface area contributed by atoms with Crippen molar-refractivity contribution >= 4 is 57.1 Å². The first-order valence-electron chi connectivity index (χ1n) is 7.10. The number of phenolic OH excluding ortho intramolecular Hbond substituents is 1. The van der Waals surface area contributed by atoms with E-state index >= 15 is 0 Å². The number of carboxylic acids is 1. The Morgan fingerprint density at radius 3 is 2.36 bits per heavy atom. The Balaban J connectivity index is 2.25. The summed E-state index contributed by atoms with van der Waals surface area (Å²) in [4.78, 5) is 22.4. The molecule has 0 fully saturated rings. The van der Waals surface area contributed by atoms with Crippen LogP contribution in [0.15, 0.2) is 12.1 Å². The van der Waals surface area contributed by atoms with Gasteiger partial charge < -0.3 is 15.5 Å². The summed E-state index contributed by atoms with van der Waals surface area (Å²) in [5, 5.41) is 21.2. The lowest BCUT2D eigenvalue weighted by molar-refractivity contribution is -0.137. The fourth-order valence-electron chi connectivity index (χ4n) is 1.97. The van der Waals surface area contributed by atoms with Gasteiger partial charge in [0, 0.05) is 16.5 Å². The smallest absolute Gasteiger partial charge is 0.303 e. The summed E-state index contributed by atoms with van der Waals surface area (Å²) in [5.41, 5.74) is 0.303. The maximum absolute atomic E-state index is 12.0. The Morgan fingerprint density at radius 2 is 1.68 bits per heavy atom. The Morgan fingerprint density at radius 1 is 1.05 bits per heavy atom. The van der Waals surface area contributed by atoms with Gasteiger partial charge in [0.15, 0.2) is 0 Å². The molecule has 0 aliphatic carbocycles. The van der Waals surface area contributed by atoms with E-state index in [1.54, 1.807) is 6.07 Å². The van der Waals surface area contributed by atoms with Crippen molar-refractivity contribution in [2.24, 2.45) is 0 Å². The minimum Gasteiger partial charge on any atom is -0.506 e. The predicted octanol–water partition coefficient (Wildman–Crippen LogP) is 3.76. The molecule has 0 unspecified atom stereocenters. The average molecular weight is 531 g/mol. The molecule has 1 aromatic carbocycles. The zero-order valence-electron chi connectivity index (χ0n) is 12.1. The highest BCUT2D eigenvalue weighted by Crippen LogP contribution is 2.26. The van der Waals surface area contributed by atoms with Crippen LogP contribution in [0.4, 0.5) is 0 Å². The molecule has 22 heavy (non-hydrogen) atoms. The van der Waals surface area contributed by atoms with E-state index in [1.807, 2.05) is 28.7 Å². The van der Waals surface area contributed by atoms with E-state index < -0.39 is 5.97 Å².